The molecule has 0 atom stereocenters. The lowest BCUT2D eigenvalue weighted by atomic mass is 10.1. The molecule has 1 aliphatic heterocycles. The summed E-state index contributed by atoms with van der Waals surface area (Å²) in [4.78, 5) is 4.95. The highest BCUT2D eigenvalue weighted by atomic mass is 15.2. The molecule has 1 aliphatic rings. The fraction of sp³-hybridized carbons (Fsp3) is 0.684. The van der Waals surface area contributed by atoms with Gasteiger partial charge < -0.3 is 15.5 Å². The standard InChI is InChI=1S/C17H29N3.C2H6/c1-3-8-19(11-7-18)16-12-15(2)13-17(14-16)20-9-5-4-6-10-20;1-2/h12-14H,3-11,18H2,1-2H3;1-2H3. The highest BCUT2D eigenvalue weighted by molar-refractivity contribution is 5.61. The molecule has 2 N–H and O–H groups in total. The van der Waals surface area contributed by atoms with Crippen LogP contribution in [0.4, 0.5) is 11.4 Å². The third-order valence-electron chi connectivity index (χ3n) is 4.03. The van der Waals surface area contributed by atoms with E-state index in [0.29, 0.717) is 6.54 Å². The Kier molecular flexibility index (Phi) is 8.98. The summed E-state index contributed by atoms with van der Waals surface area (Å²) in [6.45, 7) is 13.6. The van der Waals surface area contributed by atoms with E-state index in [1.54, 1.807) is 0 Å². The molecule has 3 heteroatoms. The number of nitrogens with two attached hydrogens (primary N) is 1. The van der Waals surface area contributed by atoms with E-state index in [9.17, 15) is 0 Å². The SMILES string of the molecule is CC.CCCN(CCN)c1cc(C)cc(N2CCCCC2)c1. The molecule has 126 valence electrons. The number of anilines is 2. The molecule has 1 fully saturated rings. The third kappa shape index (κ3) is 5.53. The number of hydrogen-bond acceptors (Lipinski definition) is 3. The summed E-state index contributed by atoms with van der Waals surface area (Å²) in [5, 5.41) is 0. The monoisotopic (exact) mass is 305 g/mol. The predicted molar refractivity (Wildman–Crippen MR) is 100 cm³/mol. The Hall–Kier alpha value is -1.22. The number of nitrogens with zero attached hydrogens (tertiary/aromatic N) is 2. The lowest BCUT2D eigenvalue weighted by Crippen LogP contribution is -2.32. The third-order valence-corrected chi connectivity index (χ3v) is 4.03. The normalized spacial score (nSPS) is 14.3. The lowest BCUT2D eigenvalue weighted by molar-refractivity contribution is 0.577. The topological polar surface area (TPSA) is 32.5 Å². The van der Waals surface area contributed by atoms with Crippen molar-refractivity contribution in [2.24, 2.45) is 5.73 Å². The summed E-state index contributed by atoms with van der Waals surface area (Å²) >= 11 is 0. The van der Waals surface area contributed by atoms with Crippen LogP contribution in [0.25, 0.3) is 0 Å². The highest BCUT2D eigenvalue weighted by Gasteiger charge is 2.13. The predicted octanol–water partition coefficient (Wildman–Crippen LogP) is 4.19. The summed E-state index contributed by atoms with van der Waals surface area (Å²) in [6.07, 6.45) is 5.19. The molecule has 1 saturated heterocycles. The molecular weight excluding hydrogens is 270 g/mol. The van der Waals surface area contributed by atoms with Gasteiger partial charge in [0.25, 0.3) is 0 Å². The molecule has 0 radical (unpaired) electrons. The van der Waals surface area contributed by atoms with Gasteiger partial charge >= 0.3 is 0 Å². The average Bonchev–Trinajstić information content (AvgIpc) is 2.57. The van der Waals surface area contributed by atoms with Gasteiger partial charge in [-0.1, -0.05) is 20.8 Å². The van der Waals surface area contributed by atoms with Crippen LogP contribution in [0, 0.1) is 6.92 Å². The van der Waals surface area contributed by atoms with Gasteiger partial charge in [-0.2, -0.15) is 0 Å². The smallest absolute Gasteiger partial charge is 0.0390 e. The fourth-order valence-electron chi connectivity index (χ4n) is 3.06. The summed E-state index contributed by atoms with van der Waals surface area (Å²) in [5.74, 6) is 0. The Balaban J connectivity index is 0.00000116. The number of rotatable bonds is 6. The summed E-state index contributed by atoms with van der Waals surface area (Å²) in [5.41, 5.74) is 9.83. The van der Waals surface area contributed by atoms with Crippen molar-refractivity contribution in [3.63, 3.8) is 0 Å². The van der Waals surface area contributed by atoms with Crippen LogP contribution in [-0.2, 0) is 0 Å². The molecule has 0 aromatic heterocycles. The molecule has 3 nitrogen and oxygen atoms in total. The number of hydrogen-bond donors (Lipinski definition) is 1. The molecule has 0 spiro atoms. The largest absolute Gasteiger partial charge is 0.371 e. The van der Waals surface area contributed by atoms with Crippen LogP contribution in [-0.4, -0.2) is 32.7 Å². The molecule has 0 aliphatic carbocycles. The zero-order valence-corrected chi connectivity index (χ0v) is 15.1. The van der Waals surface area contributed by atoms with E-state index < -0.39 is 0 Å². The van der Waals surface area contributed by atoms with Crippen molar-refractivity contribution in [1.29, 1.82) is 0 Å². The summed E-state index contributed by atoms with van der Waals surface area (Å²) in [7, 11) is 0. The van der Waals surface area contributed by atoms with Crippen molar-refractivity contribution in [1.82, 2.24) is 0 Å². The minimum Gasteiger partial charge on any atom is -0.371 e. The van der Waals surface area contributed by atoms with Gasteiger partial charge in [-0.15, -0.1) is 0 Å². The second kappa shape index (κ2) is 10.5. The first-order chi connectivity index (χ1) is 10.7. The molecule has 0 unspecified atom stereocenters. The van der Waals surface area contributed by atoms with Gasteiger partial charge in [0.2, 0.25) is 0 Å². The Morgan fingerprint density at radius 2 is 1.73 bits per heavy atom. The van der Waals surface area contributed by atoms with E-state index in [4.69, 9.17) is 5.73 Å². The maximum Gasteiger partial charge on any atom is 0.0390 e. The van der Waals surface area contributed by atoms with Gasteiger partial charge in [-0.3, -0.25) is 0 Å². The second-order valence-electron chi connectivity index (χ2n) is 5.85. The Labute approximate surface area is 137 Å². The number of piperidine rings is 1. The van der Waals surface area contributed by atoms with E-state index in [1.807, 2.05) is 13.8 Å². The zero-order chi connectivity index (χ0) is 16.4. The summed E-state index contributed by atoms with van der Waals surface area (Å²) in [6, 6.07) is 6.96. The number of benzene rings is 1. The minimum atomic E-state index is 0.715. The van der Waals surface area contributed by atoms with E-state index in [2.05, 4.69) is 41.8 Å². The maximum atomic E-state index is 5.76. The van der Waals surface area contributed by atoms with Crippen LogP contribution in [0.1, 0.15) is 52.0 Å². The van der Waals surface area contributed by atoms with Crippen molar-refractivity contribution < 1.29 is 0 Å². The molecule has 0 amide bonds. The van der Waals surface area contributed by atoms with Gasteiger partial charge in [0.05, 0.1) is 0 Å². The minimum absolute atomic E-state index is 0.715. The maximum absolute atomic E-state index is 5.76. The van der Waals surface area contributed by atoms with Crippen molar-refractivity contribution >= 4 is 11.4 Å². The zero-order valence-electron chi connectivity index (χ0n) is 15.1. The molecule has 1 aromatic rings. The lowest BCUT2D eigenvalue weighted by Gasteiger charge is -2.31. The van der Waals surface area contributed by atoms with Crippen LogP contribution < -0.4 is 15.5 Å². The molecule has 22 heavy (non-hydrogen) atoms. The van der Waals surface area contributed by atoms with Crippen LogP contribution >= 0.6 is 0 Å². The van der Waals surface area contributed by atoms with Crippen LogP contribution in [0.2, 0.25) is 0 Å². The Morgan fingerprint density at radius 3 is 2.32 bits per heavy atom. The van der Waals surface area contributed by atoms with E-state index in [0.717, 1.165) is 19.5 Å². The van der Waals surface area contributed by atoms with E-state index in [1.165, 1.54) is 49.3 Å². The molecule has 2 rings (SSSR count). The van der Waals surface area contributed by atoms with Crippen molar-refractivity contribution in [3.05, 3.63) is 23.8 Å². The van der Waals surface area contributed by atoms with Crippen LogP contribution in [0.15, 0.2) is 18.2 Å². The summed E-state index contributed by atoms with van der Waals surface area (Å²) < 4.78 is 0. The van der Waals surface area contributed by atoms with Crippen molar-refractivity contribution in [2.75, 3.05) is 42.5 Å². The number of aryl methyl sites for hydroxylation is 1. The quantitative estimate of drug-likeness (QED) is 0.855. The molecule has 1 heterocycles. The van der Waals surface area contributed by atoms with Gasteiger partial charge in [-0.05, 0) is 56.4 Å². The van der Waals surface area contributed by atoms with Crippen molar-refractivity contribution in [3.8, 4) is 0 Å². The van der Waals surface area contributed by atoms with Crippen LogP contribution in [0.5, 0.6) is 0 Å². The first kappa shape index (κ1) is 18.8. The van der Waals surface area contributed by atoms with Gasteiger partial charge in [0.1, 0.15) is 0 Å². The Morgan fingerprint density at radius 1 is 1.05 bits per heavy atom. The molecule has 0 bridgehead atoms. The molecular formula is C19H35N3. The van der Waals surface area contributed by atoms with E-state index in [-0.39, 0.29) is 0 Å². The first-order valence-corrected chi connectivity index (χ1v) is 9.06. The average molecular weight is 306 g/mol. The fourth-order valence-corrected chi connectivity index (χ4v) is 3.06. The van der Waals surface area contributed by atoms with E-state index >= 15 is 0 Å². The van der Waals surface area contributed by atoms with Gasteiger partial charge in [0, 0.05) is 44.1 Å². The van der Waals surface area contributed by atoms with Crippen molar-refractivity contribution in [2.45, 2.75) is 53.4 Å². The first-order valence-electron chi connectivity index (χ1n) is 9.06. The van der Waals surface area contributed by atoms with Gasteiger partial charge in [0.15, 0.2) is 0 Å². The molecule has 1 aromatic carbocycles. The highest BCUT2D eigenvalue weighted by Crippen LogP contribution is 2.27. The second-order valence-corrected chi connectivity index (χ2v) is 5.85. The Bertz CT molecular complexity index is 405. The van der Waals surface area contributed by atoms with Crippen LogP contribution in [0.3, 0.4) is 0 Å². The van der Waals surface area contributed by atoms with Gasteiger partial charge in [-0.25, -0.2) is 0 Å². The molecule has 0 saturated carbocycles.